The van der Waals surface area contributed by atoms with E-state index in [2.05, 4.69) is 26.1 Å². The Balaban J connectivity index is 2.24. The first-order chi connectivity index (χ1) is 8.24. The van der Waals surface area contributed by atoms with Crippen molar-refractivity contribution in [1.82, 2.24) is 14.8 Å². The highest BCUT2D eigenvalue weighted by molar-refractivity contribution is 9.10. The molecule has 1 N–H and O–H groups in total. The molecule has 0 radical (unpaired) electrons. The zero-order valence-corrected chi connectivity index (χ0v) is 10.3. The highest BCUT2D eigenvalue weighted by atomic mass is 79.9. The summed E-state index contributed by atoms with van der Waals surface area (Å²) in [4.78, 5) is 11.4. The van der Waals surface area contributed by atoms with E-state index in [-0.39, 0.29) is 5.69 Å². The Labute approximate surface area is 105 Å². The van der Waals surface area contributed by atoms with Crippen LogP contribution < -0.4 is 5.69 Å². The van der Waals surface area contributed by atoms with Gasteiger partial charge in [0.1, 0.15) is 6.33 Å². The van der Waals surface area contributed by atoms with E-state index in [1.807, 2.05) is 36.4 Å². The molecule has 0 aliphatic carbocycles. The number of H-pyrrole nitrogens is 1. The van der Waals surface area contributed by atoms with Gasteiger partial charge in [-0.15, -0.1) is 0 Å². The number of benzene rings is 2. The lowest BCUT2D eigenvalue weighted by atomic mass is 10.1. The van der Waals surface area contributed by atoms with Crippen LogP contribution in [0, 0.1) is 0 Å². The van der Waals surface area contributed by atoms with Gasteiger partial charge in [-0.3, -0.25) is 0 Å². The predicted molar refractivity (Wildman–Crippen MR) is 69.4 cm³/mol. The van der Waals surface area contributed by atoms with Gasteiger partial charge >= 0.3 is 5.69 Å². The van der Waals surface area contributed by atoms with E-state index in [4.69, 9.17) is 0 Å². The van der Waals surface area contributed by atoms with Crippen molar-refractivity contribution in [3.05, 3.63) is 57.7 Å². The largest absolute Gasteiger partial charge is 0.347 e. The van der Waals surface area contributed by atoms with Crippen LogP contribution in [0.1, 0.15) is 0 Å². The molecule has 0 unspecified atom stereocenters. The molecular weight excluding hydrogens is 282 g/mol. The fourth-order valence-corrected chi connectivity index (χ4v) is 2.16. The molecule has 3 aromatic rings. The third kappa shape index (κ3) is 1.78. The monoisotopic (exact) mass is 289 g/mol. The van der Waals surface area contributed by atoms with Gasteiger partial charge in [-0.1, -0.05) is 28.1 Å². The van der Waals surface area contributed by atoms with Crippen molar-refractivity contribution in [2.45, 2.75) is 0 Å². The number of aromatic nitrogens is 3. The molecular formula is C12H8BrN3O. The Morgan fingerprint density at radius 2 is 1.88 bits per heavy atom. The second-order valence-corrected chi connectivity index (χ2v) is 4.62. The van der Waals surface area contributed by atoms with Gasteiger partial charge < -0.3 is 0 Å². The summed E-state index contributed by atoms with van der Waals surface area (Å²) in [5.41, 5.74) is 0.569. The Hall–Kier alpha value is -1.88. The second kappa shape index (κ2) is 3.85. The average molecular weight is 290 g/mol. The van der Waals surface area contributed by atoms with E-state index in [0.29, 0.717) is 0 Å². The highest BCUT2D eigenvalue weighted by Crippen LogP contribution is 2.21. The van der Waals surface area contributed by atoms with Gasteiger partial charge in [-0.25, -0.2) is 14.5 Å². The van der Waals surface area contributed by atoms with E-state index in [1.165, 1.54) is 10.9 Å². The minimum absolute atomic E-state index is 0.235. The Kier molecular flexibility index (Phi) is 2.33. The summed E-state index contributed by atoms with van der Waals surface area (Å²) in [5.74, 6) is 0. The zero-order chi connectivity index (χ0) is 11.8. The molecule has 0 saturated carbocycles. The molecule has 1 aromatic heterocycles. The normalized spacial score (nSPS) is 10.9. The van der Waals surface area contributed by atoms with Crippen LogP contribution in [-0.4, -0.2) is 14.8 Å². The first-order valence-electron chi connectivity index (χ1n) is 5.06. The molecule has 84 valence electrons. The first kappa shape index (κ1) is 10.3. The van der Waals surface area contributed by atoms with Crippen LogP contribution in [0.3, 0.4) is 0 Å². The molecule has 17 heavy (non-hydrogen) atoms. The molecule has 0 spiro atoms. The lowest BCUT2D eigenvalue weighted by Crippen LogP contribution is -2.13. The molecule has 1 heterocycles. The van der Waals surface area contributed by atoms with Gasteiger partial charge in [0.2, 0.25) is 0 Å². The maximum Gasteiger partial charge on any atom is 0.347 e. The van der Waals surface area contributed by atoms with Crippen molar-refractivity contribution in [3.8, 4) is 5.69 Å². The standard InChI is InChI=1S/C12H8BrN3O/c13-10-3-1-9-6-11(4-2-8(9)5-10)16-7-14-15-12(16)17/h1-7H,(H,15,17). The topological polar surface area (TPSA) is 50.7 Å². The second-order valence-electron chi connectivity index (χ2n) is 3.71. The molecule has 0 fully saturated rings. The SMILES string of the molecule is O=c1[nH]ncn1-c1ccc2cc(Br)ccc2c1. The van der Waals surface area contributed by atoms with Gasteiger partial charge in [0, 0.05) is 4.47 Å². The number of halogens is 1. The number of fused-ring (bicyclic) bond motifs is 1. The van der Waals surface area contributed by atoms with Crippen molar-refractivity contribution >= 4 is 26.7 Å². The van der Waals surface area contributed by atoms with Gasteiger partial charge in [0.05, 0.1) is 5.69 Å². The maximum atomic E-state index is 11.4. The summed E-state index contributed by atoms with van der Waals surface area (Å²) in [7, 11) is 0. The van der Waals surface area contributed by atoms with E-state index in [0.717, 1.165) is 20.9 Å². The molecule has 5 heteroatoms. The van der Waals surface area contributed by atoms with Crippen LogP contribution in [0.25, 0.3) is 16.5 Å². The van der Waals surface area contributed by atoms with Crippen molar-refractivity contribution < 1.29 is 0 Å². The Morgan fingerprint density at radius 3 is 2.65 bits per heavy atom. The molecule has 2 aromatic carbocycles. The minimum atomic E-state index is -0.235. The lowest BCUT2D eigenvalue weighted by molar-refractivity contribution is 0.985. The van der Waals surface area contributed by atoms with Crippen LogP contribution in [0.4, 0.5) is 0 Å². The minimum Gasteiger partial charge on any atom is -0.250 e. The van der Waals surface area contributed by atoms with Gasteiger partial charge in [-0.2, -0.15) is 5.10 Å². The van der Waals surface area contributed by atoms with Crippen molar-refractivity contribution in [2.75, 3.05) is 0 Å². The summed E-state index contributed by atoms with van der Waals surface area (Å²) >= 11 is 3.43. The fourth-order valence-electron chi connectivity index (χ4n) is 1.79. The third-order valence-electron chi connectivity index (χ3n) is 2.62. The number of hydrogen-bond donors (Lipinski definition) is 1. The van der Waals surface area contributed by atoms with Gasteiger partial charge in [-0.05, 0) is 35.0 Å². The van der Waals surface area contributed by atoms with Crippen molar-refractivity contribution in [3.63, 3.8) is 0 Å². The van der Waals surface area contributed by atoms with E-state index in [1.54, 1.807) is 0 Å². The Bertz CT molecular complexity index is 745. The molecule has 0 amide bonds. The van der Waals surface area contributed by atoms with Gasteiger partial charge in [0.15, 0.2) is 0 Å². The van der Waals surface area contributed by atoms with Crippen LogP contribution in [0.2, 0.25) is 0 Å². The van der Waals surface area contributed by atoms with Crippen LogP contribution in [-0.2, 0) is 0 Å². The van der Waals surface area contributed by atoms with Crippen molar-refractivity contribution in [1.29, 1.82) is 0 Å². The fraction of sp³-hybridized carbons (Fsp3) is 0. The number of hydrogen-bond acceptors (Lipinski definition) is 2. The number of aromatic amines is 1. The summed E-state index contributed by atoms with van der Waals surface area (Å²) in [5, 5.41) is 8.29. The summed E-state index contributed by atoms with van der Waals surface area (Å²) in [6, 6.07) is 11.9. The smallest absolute Gasteiger partial charge is 0.250 e. The molecule has 0 atom stereocenters. The summed E-state index contributed by atoms with van der Waals surface area (Å²) < 4.78 is 2.51. The van der Waals surface area contributed by atoms with E-state index < -0.39 is 0 Å². The van der Waals surface area contributed by atoms with Crippen LogP contribution in [0.15, 0.2) is 52.0 Å². The van der Waals surface area contributed by atoms with Crippen molar-refractivity contribution in [2.24, 2.45) is 0 Å². The molecule has 0 bridgehead atoms. The number of nitrogens with one attached hydrogen (secondary N) is 1. The summed E-state index contributed by atoms with van der Waals surface area (Å²) in [6.45, 7) is 0. The zero-order valence-electron chi connectivity index (χ0n) is 8.72. The third-order valence-corrected chi connectivity index (χ3v) is 3.11. The number of nitrogens with zero attached hydrogens (tertiary/aromatic N) is 2. The van der Waals surface area contributed by atoms with Gasteiger partial charge in [0.25, 0.3) is 0 Å². The molecule has 0 aliphatic heterocycles. The predicted octanol–water partition coefficient (Wildman–Crippen LogP) is 2.48. The average Bonchev–Trinajstić information content (AvgIpc) is 2.75. The molecule has 3 rings (SSSR count). The highest BCUT2D eigenvalue weighted by Gasteiger charge is 2.02. The molecule has 4 nitrogen and oxygen atoms in total. The Morgan fingerprint density at radius 1 is 1.12 bits per heavy atom. The molecule has 0 saturated heterocycles. The van der Waals surface area contributed by atoms with Crippen LogP contribution >= 0.6 is 15.9 Å². The lowest BCUT2D eigenvalue weighted by Gasteiger charge is -2.03. The maximum absolute atomic E-state index is 11.4. The first-order valence-corrected chi connectivity index (χ1v) is 5.85. The van der Waals surface area contributed by atoms with E-state index >= 15 is 0 Å². The molecule has 0 aliphatic rings. The van der Waals surface area contributed by atoms with Crippen LogP contribution in [0.5, 0.6) is 0 Å². The number of rotatable bonds is 1. The quantitative estimate of drug-likeness (QED) is 0.748. The summed E-state index contributed by atoms with van der Waals surface area (Å²) in [6.07, 6.45) is 1.47. The van der Waals surface area contributed by atoms with E-state index in [9.17, 15) is 4.79 Å².